The summed E-state index contributed by atoms with van der Waals surface area (Å²) in [6.07, 6.45) is 2.73. The van der Waals surface area contributed by atoms with Crippen LogP contribution in [0.25, 0.3) is 16.2 Å². The Labute approximate surface area is 164 Å². The fourth-order valence-corrected chi connectivity index (χ4v) is 3.70. The van der Waals surface area contributed by atoms with Crippen LogP contribution in [0.1, 0.15) is 22.8 Å². The van der Waals surface area contributed by atoms with Gasteiger partial charge in [-0.05, 0) is 24.6 Å². The van der Waals surface area contributed by atoms with Crippen molar-refractivity contribution in [1.82, 2.24) is 0 Å². The van der Waals surface area contributed by atoms with Crippen LogP contribution in [0.3, 0.4) is 0 Å². The molecule has 1 N–H and O–H groups in total. The van der Waals surface area contributed by atoms with Gasteiger partial charge in [-0.25, -0.2) is 4.79 Å². The number of nitrogens with zero attached hydrogens (tertiary/aromatic N) is 1. The lowest BCUT2D eigenvalue weighted by molar-refractivity contribution is -0.384. The molecule has 7 nitrogen and oxygen atoms in total. The molecule has 0 unspecified atom stereocenters. The number of nitro benzene ring substituents is 1. The maximum absolute atomic E-state index is 12.4. The zero-order chi connectivity index (χ0) is 20.1. The SMILES string of the molecule is CCOC(=O)c1c(NC(=O)/C=C\c2cccc([N+](=O)[O-])c2)sc2ccccc12. The largest absolute Gasteiger partial charge is 0.462 e. The summed E-state index contributed by atoms with van der Waals surface area (Å²) in [6, 6.07) is 13.3. The molecule has 1 aromatic heterocycles. The lowest BCUT2D eigenvalue weighted by Gasteiger charge is -2.05. The third-order valence-electron chi connectivity index (χ3n) is 3.82. The Kier molecular flexibility index (Phi) is 5.81. The number of hydrogen-bond donors (Lipinski definition) is 1. The standard InChI is InChI=1S/C20H16N2O5S/c1-2-27-20(24)18-15-8-3-4-9-16(15)28-19(18)21-17(23)11-10-13-6-5-7-14(12-13)22(25)26/h3-12H,2H2,1H3,(H,21,23)/b11-10-. The van der Waals surface area contributed by atoms with Crippen LogP contribution in [0.4, 0.5) is 10.7 Å². The van der Waals surface area contributed by atoms with Crippen LogP contribution in [0, 0.1) is 10.1 Å². The third-order valence-corrected chi connectivity index (χ3v) is 4.91. The Morgan fingerprint density at radius 3 is 2.75 bits per heavy atom. The van der Waals surface area contributed by atoms with Crippen molar-refractivity contribution in [3.05, 3.63) is 75.8 Å². The number of carbonyl (C=O) groups excluding carboxylic acids is 2. The summed E-state index contributed by atoms with van der Waals surface area (Å²) in [5.41, 5.74) is 0.780. The summed E-state index contributed by atoms with van der Waals surface area (Å²) in [4.78, 5) is 35.0. The highest BCUT2D eigenvalue weighted by Crippen LogP contribution is 2.36. The molecule has 142 valence electrons. The minimum Gasteiger partial charge on any atom is -0.462 e. The molecule has 0 aliphatic rings. The molecule has 0 aliphatic carbocycles. The first-order valence-corrected chi connectivity index (χ1v) is 9.23. The molecule has 0 saturated heterocycles. The van der Waals surface area contributed by atoms with Gasteiger partial charge in [-0.2, -0.15) is 0 Å². The van der Waals surface area contributed by atoms with Gasteiger partial charge in [-0.3, -0.25) is 14.9 Å². The molecule has 0 aliphatic heterocycles. The smallest absolute Gasteiger partial charge is 0.341 e. The molecule has 3 aromatic rings. The first-order valence-electron chi connectivity index (χ1n) is 8.41. The average Bonchev–Trinajstić information content (AvgIpc) is 3.04. The van der Waals surface area contributed by atoms with Crippen molar-refractivity contribution < 1.29 is 19.2 Å². The van der Waals surface area contributed by atoms with Crippen LogP contribution in [-0.4, -0.2) is 23.4 Å². The minimum absolute atomic E-state index is 0.0586. The molecule has 0 saturated carbocycles. The molecule has 1 amide bonds. The number of non-ortho nitro benzene ring substituents is 1. The van der Waals surface area contributed by atoms with Gasteiger partial charge in [0, 0.05) is 28.3 Å². The summed E-state index contributed by atoms with van der Waals surface area (Å²) in [7, 11) is 0. The van der Waals surface area contributed by atoms with Gasteiger partial charge in [0.15, 0.2) is 0 Å². The molecule has 0 atom stereocenters. The van der Waals surface area contributed by atoms with Gasteiger partial charge in [-0.15, -0.1) is 11.3 Å². The second-order valence-electron chi connectivity index (χ2n) is 5.70. The number of carbonyl (C=O) groups is 2. The Bertz CT molecular complexity index is 1090. The van der Waals surface area contributed by atoms with Gasteiger partial charge in [0.1, 0.15) is 10.6 Å². The van der Waals surface area contributed by atoms with E-state index < -0.39 is 16.8 Å². The predicted molar refractivity (Wildman–Crippen MR) is 109 cm³/mol. The van der Waals surface area contributed by atoms with Crippen molar-refractivity contribution in [1.29, 1.82) is 0 Å². The number of nitro groups is 1. The maximum atomic E-state index is 12.4. The van der Waals surface area contributed by atoms with Crippen LogP contribution in [0.5, 0.6) is 0 Å². The lowest BCUT2D eigenvalue weighted by Crippen LogP contribution is -2.12. The van der Waals surface area contributed by atoms with Gasteiger partial charge in [0.05, 0.1) is 11.5 Å². The number of fused-ring (bicyclic) bond motifs is 1. The highest BCUT2D eigenvalue weighted by molar-refractivity contribution is 7.23. The summed E-state index contributed by atoms with van der Waals surface area (Å²) in [5.74, 6) is -0.957. The van der Waals surface area contributed by atoms with Crippen LogP contribution in [0.15, 0.2) is 54.6 Å². The van der Waals surface area contributed by atoms with Gasteiger partial charge in [0.2, 0.25) is 5.91 Å². The van der Waals surface area contributed by atoms with Crippen molar-refractivity contribution in [2.24, 2.45) is 0 Å². The molecule has 0 radical (unpaired) electrons. The van der Waals surface area contributed by atoms with Crippen LogP contribution in [-0.2, 0) is 9.53 Å². The van der Waals surface area contributed by atoms with Crippen molar-refractivity contribution in [3.8, 4) is 0 Å². The Balaban J connectivity index is 1.85. The van der Waals surface area contributed by atoms with Crippen LogP contribution >= 0.6 is 11.3 Å². The number of ether oxygens (including phenoxy) is 1. The fourth-order valence-electron chi connectivity index (χ4n) is 2.61. The quantitative estimate of drug-likeness (QED) is 0.283. The van der Waals surface area contributed by atoms with Crippen LogP contribution in [0.2, 0.25) is 0 Å². The molecule has 8 heteroatoms. The zero-order valence-electron chi connectivity index (χ0n) is 14.9. The number of nitrogens with one attached hydrogen (secondary N) is 1. The summed E-state index contributed by atoms with van der Waals surface area (Å²) >= 11 is 1.28. The number of anilines is 1. The molecule has 1 heterocycles. The molecule has 3 rings (SSSR count). The first-order chi connectivity index (χ1) is 13.5. The maximum Gasteiger partial charge on any atom is 0.341 e. The second-order valence-corrected chi connectivity index (χ2v) is 6.75. The van der Waals surface area contributed by atoms with Crippen molar-refractivity contribution in [2.45, 2.75) is 6.92 Å². The van der Waals surface area contributed by atoms with E-state index in [1.807, 2.05) is 18.2 Å². The average molecular weight is 396 g/mol. The van der Waals surface area contributed by atoms with E-state index in [1.54, 1.807) is 25.1 Å². The molecule has 0 bridgehead atoms. The van der Waals surface area contributed by atoms with Crippen LogP contribution < -0.4 is 5.32 Å². The van der Waals surface area contributed by atoms with Crippen molar-refractivity contribution >= 4 is 50.1 Å². The number of esters is 1. The number of amides is 1. The van der Waals surface area contributed by atoms with E-state index >= 15 is 0 Å². The van der Waals surface area contributed by atoms with Gasteiger partial charge >= 0.3 is 5.97 Å². The molecular formula is C20H16N2O5S. The first kappa shape index (κ1) is 19.2. The minimum atomic E-state index is -0.502. The van der Waals surface area contributed by atoms with E-state index in [0.717, 1.165) is 4.70 Å². The highest BCUT2D eigenvalue weighted by Gasteiger charge is 2.20. The lowest BCUT2D eigenvalue weighted by atomic mass is 10.1. The predicted octanol–water partition coefficient (Wildman–Crippen LogP) is 4.64. The van der Waals surface area contributed by atoms with E-state index in [2.05, 4.69) is 5.32 Å². The zero-order valence-corrected chi connectivity index (χ0v) is 15.7. The van der Waals surface area contributed by atoms with E-state index in [-0.39, 0.29) is 12.3 Å². The summed E-state index contributed by atoms with van der Waals surface area (Å²) in [6.45, 7) is 1.94. The van der Waals surface area contributed by atoms with Gasteiger partial charge in [0.25, 0.3) is 5.69 Å². The van der Waals surface area contributed by atoms with Gasteiger partial charge in [-0.1, -0.05) is 30.3 Å². The van der Waals surface area contributed by atoms with E-state index in [0.29, 0.717) is 21.5 Å². The number of benzene rings is 2. The van der Waals surface area contributed by atoms with E-state index in [1.165, 1.54) is 35.6 Å². The monoisotopic (exact) mass is 396 g/mol. The van der Waals surface area contributed by atoms with E-state index in [4.69, 9.17) is 4.74 Å². The number of hydrogen-bond acceptors (Lipinski definition) is 6. The van der Waals surface area contributed by atoms with Gasteiger partial charge < -0.3 is 10.1 Å². The summed E-state index contributed by atoms with van der Waals surface area (Å²) < 4.78 is 5.97. The molecule has 0 spiro atoms. The second kappa shape index (κ2) is 8.45. The molecule has 28 heavy (non-hydrogen) atoms. The third kappa shape index (κ3) is 4.24. The normalized spacial score (nSPS) is 10.9. The topological polar surface area (TPSA) is 98.5 Å². The molecular weight excluding hydrogens is 380 g/mol. The molecule has 0 fully saturated rings. The van der Waals surface area contributed by atoms with Crippen molar-refractivity contribution in [3.63, 3.8) is 0 Å². The highest BCUT2D eigenvalue weighted by atomic mass is 32.1. The summed E-state index contributed by atoms with van der Waals surface area (Å²) in [5, 5.41) is 14.6. The molecule has 2 aromatic carbocycles. The van der Waals surface area contributed by atoms with E-state index in [9.17, 15) is 19.7 Å². The Morgan fingerprint density at radius 2 is 2.00 bits per heavy atom. The number of rotatable bonds is 6. The number of thiophene rings is 1. The van der Waals surface area contributed by atoms with Crippen molar-refractivity contribution in [2.75, 3.05) is 11.9 Å². The Morgan fingerprint density at radius 1 is 1.21 bits per heavy atom. The Hall–Kier alpha value is -3.52. The fraction of sp³-hybridized carbons (Fsp3) is 0.100.